The van der Waals surface area contributed by atoms with Gasteiger partial charge in [0.05, 0.1) is 40.4 Å². The fourth-order valence-corrected chi connectivity index (χ4v) is 5.28. The van der Waals surface area contributed by atoms with Gasteiger partial charge in [-0.2, -0.15) is 5.10 Å². The monoisotopic (exact) mass is 494 g/mol. The van der Waals surface area contributed by atoms with Gasteiger partial charge in [0, 0.05) is 28.5 Å². The smallest absolute Gasteiger partial charge is 0.217 e. The Morgan fingerprint density at radius 1 is 1.06 bits per heavy atom. The van der Waals surface area contributed by atoms with Gasteiger partial charge in [0.1, 0.15) is 22.6 Å². The summed E-state index contributed by atoms with van der Waals surface area (Å²) in [6.45, 7) is 7.20. The molecule has 0 fully saturated rings. The van der Waals surface area contributed by atoms with Gasteiger partial charge in [0.25, 0.3) is 0 Å². The van der Waals surface area contributed by atoms with E-state index in [0.717, 1.165) is 49.5 Å². The second-order valence-electron chi connectivity index (χ2n) is 8.38. The van der Waals surface area contributed by atoms with Crippen LogP contribution in [0.4, 0.5) is 4.39 Å². The van der Waals surface area contributed by atoms with E-state index in [0.29, 0.717) is 11.4 Å². The van der Waals surface area contributed by atoms with Crippen LogP contribution in [0.5, 0.6) is 0 Å². The molecule has 0 aliphatic rings. The number of thiazole rings is 1. The predicted molar refractivity (Wildman–Crippen MR) is 138 cm³/mol. The largest absolute Gasteiger partial charge is 0.386 e. The Bertz CT molecular complexity index is 1740. The summed E-state index contributed by atoms with van der Waals surface area (Å²) < 4.78 is 16.4. The van der Waals surface area contributed by atoms with Crippen molar-refractivity contribution in [1.29, 1.82) is 0 Å². The fourth-order valence-electron chi connectivity index (χ4n) is 4.25. The van der Waals surface area contributed by atoms with E-state index in [1.807, 2.05) is 41.1 Å². The normalized spacial score (nSPS) is 12.2. The molecule has 0 radical (unpaired) electrons. The number of aliphatic hydroxyl groups is 1. The van der Waals surface area contributed by atoms with E-state index in [1.54, 1.807) is 18.3 Å². The minimum Gasteiger partial charge on any atom is -0.386 e. The summed E-state index contributed by atoms with van der Waals surface area (Å²) in [4.78, 5) is 12.4. The number of aromatic amines is 1. The molecule has 0 bridgehead atoms. The number of aliphatic hydroxyl groups excluding tert-OH is 1. The summed E-state index contributed by atoms with van der Waals surface area (Å²) in [5.74, 6) is -0.285. The number of hydrogen-bond acceptors (Lipinski definition) is 5. The molecule has 2 aromatic carbocycles. The van der Waals surface area contributed by atoms with Crippen LogP contribution in [-0.2, 0) is 0 Å². The number of nitrogens with one attached hydrogen (secondary N) is 1. The van der Waals surface area contributed by atoms with E-state index in [4.69, 9.17) is 6.57 Å². The molecule has 1 unspecified atom stereocenters. The molecule has 2 N–H and O–H groups in total. The van der Waals surface area contributed by atoms with Crippen LogP contribution in [0, 0.1) is 12.4 Å². The van der Waals surface area contributed by atoms with E-state index in [2.05, 4.69) is 31.1 Å². The lowest BCUT2D eigenvalue weighted by atomic mass is 10.0. The SMILES string of the molecule is [C-]#[N+]CCC(O)c1nc2ccc(-c3cnc4ccc(-c5cn[nH]c5-c5ccc(F)cc5)cn34)cc2s1. The van der Waals surface area contributed by atoms with Crippen molar-refractivity contribution in [3.8, 4) is 33.6 Å². The van der Waals surface area contributed by atoms with Gasteiger partial charge in [-0.25, -0.2) is 20.9 Å². The van der Waals surface area contributed by atoms with Gasteiger partial charge in [-0.05, 0) is 48.5 Å². The molecule has 6 rings (SSSR count). The highest BCUT2D eigenvalue weighted by Gasteiger charge is 2.16. The van der Waals surface area contributed by atoms with Crippen LogP contribution in [0.25, 0.3) is 54.4 Å². The Balaban J connectivity index is 1.39. The van der Waals surface area contributed by atoms with Crippen molar-refractivity contribution in [1.82, 2.24) is 24.6 Å². The predicted octanol–water partition coefficient (Wildman–Crippen LogP) is 6.15. The minimum absolute atomic E-state index is 0.270. The summed E-state index contributed by atoms with van der Waals surface area (Å²) in [7, 11) is 0. The lowest BCUT2D eigenvalue weighted by Crippen LogP contribution is -1.97. The van der Waals surface area contributed by atoms with E-state index >= 15 is 0 Å². The number of hydrogen-bond donors (Lipinski definition) is 2. The average molecular weight is 495 g/mol. The molecule has 6 aromatic rings. The summed E-state index contributed by atoms with van der Waals surface area (Å²) >= 11 is 1.44. The molecule has 0 spiro atoms. The average Bonchev–Trinajstić information content (AvgIpc) is 3.64. The molecule has 4 heterocycles. The zero-order chi connectivity index (χ0) is 24.6. The molecule has 1 atom stereocenters. The number of benzene rings is 2. The Morgan fingerprint density at radius 2 is 1.86 bits per heavy atom. The molecule has 176 valence electrons. The molecule has 7 nitrogen and oxygen atoms in total. The van der Waals surface area contributed by atoms with Crippen molar-refractivity contribution in [2.45, 2.75) is 12.5 Å². The Hall–Kier alpha value is -4.39. The number of imidazole rings is 1. The number of fused-ring (bicyclic) bond motifs is 2. The topological polar surface area (TPSA) is 83.5 Å². The van der Waals surface area contributed by atoms with Crippen LogP contribution in [0.1, 0.15) is 17.5 Å². The van der Waals surface area contributed by atoms with Crippen molar-refractivity contribution in [3.63, 3.8) is 0 Å². The van der Waals surface area contributed by atoms with Crippen molar-refractivity contribution < 1.29 is 9.50 Å². The van der Waals surface area contributed by atoms with Gasteiger partial charge in [-0.15, -0.1) is 11.3 Å². The summed E-state index contributed by atoms with van der Waals surface area (Å²) in [6.07, 6.45) is 5.26. The van der Waals surface area contributed by atoms with E-state index in [-0.39, 0.29) is 12.4 Å². The molecule has 9 heteroatoms. The summed E-state index contributed by atoms with van der Waals surface area (Å²) in [6, 6.07) is 16.3. The number of halogens is 1. The van der Waals surface area contributed by atoms with Gasteiger partial charge in [0.15, 0.2) is 0 Å². The van der Waals surface area contributed by atoms with Gasteiger partial charge in [-0.1, -0.05) is 6.07 Å². The zero-order valence-corrected chi connectivity index (χ0v) is 19.7. The van der Waals surface area contributed by atoms with Crippen molar-refractivity contribution in [2.75, 3.05) is 6.54 Å². The number of nitrogens with zero attached hydrogens (tertiary/aromatic N) is 5. The molecule has 0 aliphatic heterocycles. The quantitative estimate of drug-likeness (QED) is 0.272. The highest BCUT2D eigenvalue weighted by molar-refractivity contribution is 7.18. The maximum absolute atomic E-state index is 13.4. The third-order valence-corrected chi connectivity index (χ3v) is 7.21. The zero-order valence-electron chi connectivity index (χ0n) is 18.9. The van der Waals surface area contributed by atoms with Crippen LogP contribution in [0.3, 0.4) is 0 Å². The van der Waals surface area contributed by atoms with Crippen LogP contribution in [-0.4, -0.2) is 36.2 Å². The maximum Gasteiger partial charge on any atom is 0.217 e. The van der Waals surface area contributed by atoms with Crippen LogP contribution in [0.2, 0.25) is 0 Å². The fraction of sp³-hybridized carbons (Fsp3) is 0.111. The van der Waals surface area contributed by atoms with Gasteiger partial charge < -0.3 is 9.95 Å². The first kappa shape index (κ1) is 22.1. The molecular weight excluding hydrogens is 475 g/mol. The minimum atomic E-state index is -0.733. The van der Waals surface area contributed by atoms with Crippen molar-refractivity contribution in [3.05, 3.63) is 95.4 Å². The number of rotatable bonds is 6. The molecule has 0 saturated carbocycles. The highest BCUT2D eigenvalue weighted by atomic mass is 32.1. The van der Waals surface area contributed by atoms with Crippen LogP contribution >= 0.6 is 11.3 Å². The molecule has 0 amide bonds. The lowest BCUT2D eigenvalue weighted by molar-refractivity contribution is 0.172. The highest BCUT2D eigenvalue weighted by Crippen LogP contribution is 2.34. The second-order valence-corrected chi connectivity index (χ2v) is 9.44. The molecular formula is C27H19FN6OS. The number of H-pyrrole nitrogens is 1. The van der Waals surface area contributed by atoms with Gasteiger partial charge >= 0.3 is 0 Å². The van der Waals surface area contributed by atoms with E-state index in [9.17, 15) is 9.50 Å². The lowest BCUT2D eigenvalue weighted by Gasteiger charge is -2.07. The third-order valence-electron chi connectivity index (χ3n) is 6.09. The van der Waals surface area contributed by atoms with Crippen molar-refractivity contribution in [2.24, 2.45) is 0 Å². The summed E-state index contributed by atoms with van der Waals surface area (Å²) in [5, 5.41) is 18.2. The van der Waals surface area contributed by atoms with Crippen LogP contribution in [0.15, 0.2) is 73.2 Å². The Kier molecular flexibility index (Phi) is 5.52. The first-order valence-electron chi connectivity index (χ1n) is 11.3. The Labute approximate surface area is 209 Å². The second kappa shape index (κ2) is 9.00. The molecule has 0 aliphatic carbocycles. The van der Waals surface area contributed by atoms with Gasteiger partial charge in [0.2, 0.25) is 6.54 Å². The van der Waals surface area contributed by atoms with Crippen LogP contribution < -0.4 is 0 Å². The molecule has 36 heavy (non-hydrogen) atoms. The Morgan fingerprint density at radius 3 is 2.69 bits per heavy atom. The van der Waals surface area contributed by atoms with Crippen molar-refractivity contribution >= 4 is 27.2 Å². The van der Waals surface area contributed by atoms with E-state index < -0.39 is 6.10 Å². The molecule has 0 saturated heterocycles. The summed E-state index contributed by atoms with van der Waals surface area (Å²) in [5.41, 5.74) is 7.02. The van der Waals surface area contributed by atoms with Gasteiger partial charge in [-0.3, -0.25) is 9.50 Å². The number of aromatic nitrogens is 5. The number of pyridine rings is 1. The third kappa shape index (κ3) is 3.92. The maximum atomic E-state index is 13.4. The first-order chi connectivity index (χ1) is 17.6. The molecule has 4 aromatic heterocycles. The standard InChI is InChI=1S/C27H19FN6OS/c1-29-11-10-23(35)27-32-21-8-4-17(12-24(21)36-27)22-14-30-25-9-5-18(15-34(22)25)20-13-31-33-26(20)16-2-6-19(28)7-3-16/h2-9,12-15,23,35H,10-11H2,(H,31,33). The van der Waals surface area contributed by atoms with E-state index in [1.165, 1.54) is 23.5 Å². The first-order valence-corrected chi connectivity index (χ1v) is 12.1.